The molecule has 6 nitrogen and oxygen atoms in total. The van der Waals surface area contributed by atoms with Gasteiger partial charge in [0.2, 0.25) is 0 Å². The first-order valence-electron chi connectivity index (χ1n) is 10.5. The number of aromatic nitrogens is 3. The van der Waals surface area contributed by atoms with Crippen molar-refractivity contribution in [2.45, 2.75) is 37.8 Å². The van der Waals surface area contributed by atoms with Gasteiger partial charge in [0.25, 0.3) is 6.43 Å². The molecule has 2 aliphatic heterocycles. The Bertz CT molecular complexity index is 927. The molecule has 4 fully saturated rings. The molecule has 0 bridgehead atoms. The van der Waals surface area contributed by atoms with E-state index in [1.807, 2.05) is 0 Å². The van der Waals surface area contributed by atoms with Gasteiger partial charge in [0, 0.05) is 43.0 Å². The molecule has 0 spiro atoms. The lowest BCUT2D eigenvalue weighted by Crippen LogP contribution is -2.48. The summed E-state index contributed by atoms with van der Waals surface area (Å²) < 4.78 is 34.0. The van der Waals surface area contributed by atoms with E-state index in [4.69, 9.17) is 15.6 Å². The minimum absolute atomic E-state index is 0.113. The van der Waals surface area contributed by atoms with Crippen molar-refractivity contribution in [2.24, 2.45) is 17.8 Å². The van der Waals surface area contributed by atoms with Crippen LogP contribution in [0.5, 0.6) is 0 Å². The first-order valence-corrected chi connectivity index (χ1v) is 10.5. The molecule has 4 aliphatic rings. The Morgan fingerprint density at radius 2 is 1.93 bits per heavy atom. The lowest BCUT2D eigenvalue weighted by Gasteiger charge is -2.35. The number of nitrogen functional groups attached to an aromatic ring is 1. The molecule has 8 heteroatoms. The molecule has 2 aliphatic carbocycles. The smallest absolute Gasteiger partial charge is 0.267 e. The highest BCUT2D eigenvalue weighted by molar-refractivity contribution is 5.62. The molecule has 154 valence electrons. The molecule has 0 amide bonds. The number of anilines is 1. The van der Waals surface area contributed by atoms with E-state index in [1.165, 1.54) is 24.6 Å². The summed E-state index contributed by atoms with van der Waals surface area (Å²) in [7, 11) is 0. The van der Waals surface area contributed by atoms with Gasteiger partial charge >= 0.3 is 0 Å². The van der Waals surface area contributed by atoms with E-state index >= 15 is 0 Å². The summed E-state index contributed by atoms with van der Waals surface area (Å²) in [6.07, 6.45) is 1.42. The van der Waals surface area contributed by atoms with Crippen LogP contribution in [0.2, 0.25) is 0 Å². The number of hydrogen-bond acceptors (Lipinski definition) is 5. The number of halogens is 2. The van der Waals surface area contributed by atoms with Crippen LogP contribution in [0.4, 0.5) is 14.6 Å². The van der Waals surface area contributed by atoms with Crippen LogP contribution in [0.25, 0.3) is 11.3 Å². The molecule has 4 heterocycles. The van der Waals surface area contributed by atoms with Crippen LogP contribution in [-0.2, 0) is 11.3 Å². The Hall–Kier alpha value is -2.06. The zero-order valence-electron chi connectivity index (χ0n) is 16.2. The second kappa shape index (κ2) is 6.47. The van der Waals surface area contributed by atoms with Crippen molar-refractivity contribution >= 4 is 5.82 Å². The summed E-state index contributed by atoms with van der Waals surface area (Å²) in [5, 5.41) is 4.82. The molecular weight excluding hydrogens is 376 g/mol. The van der Waals surface area contributed by atoms with Gasteiger partial charge in [-0.25, -0.2) is 13.8 Å². The van der Waals surface area contributed by atoms with Crippen LogP contribution in [0.3, 0.4) is 0 Å². The largest absolute Gasteiger partial charge is 0.383 e. The topological polar surface area (TPSA) is 69.2 Å². The predicted octanol–water partition coefficient (Wildman–Crippen LogP) is 2.92. The average molecular weight is 401 g/mol. The maximum absolute atomic E-state index is 13.3. The quantitative estimate of drug-likeness (QED) is 0.806. The number of piperidine rings is 1. The maximum atomic E-state index is 13.3. The zero-order chi connectivity index (χ0) is 19.7. The first-order chi connectivity index (χ1) is 14.1. The molecule has 2 unspecified atom stereocenters. The van der Waals surface area contributed by atoms with Gasteiger partial charge in [0.15, 0.2) is 0 Å². The monoisotopic (exact) mass is 401 g/mol. The Balaban J connectivity index is 1.28. The Morgan fingerprint density at radius 3 is 2.55 bits per heavy atom. The Morgan fingerprint density at radius 1 is 1.17 bits per heavy atom. The molecule has 29 heavy (non-hydrogen) atoms. The lowest BCUT2D eigenvalue weighted by molar-refractivity contribution is -0.0610. The molecule has 2 saturated heterocycles. The third-order valence-electron chi connectivity index (χ3n) is 7.12. The van der Waals surface area contributed by atoms with Crippen molar-refractivity contribution in [1.82, 2.24) is 19.7 Å². The minimum atomic E-state index is -2.64. The summed E-state index contributed by atoms with van der Waals surface area (Å²) in [6, 6.07) is 4.14. The van der Waals surface area contributed by atoms with Gasteiger partial charge in [-0.15, -0.1) is 0 Å². The molecule has 6 rings (SSSR count). The van der Waals surface area contributed by atoms with Crippen molar-refractivity contribution < 1.29 is 13.5 Å². The number of hydrogen-bond donors (Lipinski definition) is 1. The number of alkyl halides is 2. The highest BCUT2D eigenvalue weighted by Crippen LogP contribution is 2.59. The van der Waals surface area contributed by atoms with E-state index in [2.05, 4.69) is 20.6 Å². The fraction of sp³-hybridized carbons (Fsp3) is 0.619. The highest BCUT2D eigenvalue weighted by Gasteiger charge is 2.58. The summed E-state index contributed by atoms with van der Waals surface area (Å²) in [6.45, 7) is 4.92. The van der Waals surface area contributed by atoms with Gasteiger partial charge in [-0.2, -0.15) is 5.10 Å². The number of fused-ring (bicyclic) bond motifs is 1. The van der Waals surface area contributed by atoms with Crippen LogP contribution in [0.1, 0.15) is 36.4 Å². The van der Waals surface area contributed by atoms with Crippen LogP contribution in [0.15, 0.2) is 18.3 Å². The third-order valence-corrected chi connectivity index (χ3v) is 7.12. The molecule has 2 saturated carbocycles. The van der Waals surface area contributed by atoms with Crippen molar-refractivity contribution in [3.05, 3.63) is 29.6 Å². The van der Waals surface area contributed by atoms with Gasteiger partial charge in [0.1, 0.15) is 5.82 Å². The van der Waals surface area contributed by atoms with E-state index in [-0.39, 0.29) is 11.4 Å². The second-order valence-electron chi connectivity index (χ2n) is 9.08. The van der Waals surface area contributed by atoms with Gasteiger partial charge in [0.05, 0.1) is 30.5 Å². The van der Waals surface area contributed by atoms with Crippen molar-refractivity contribution in [2.75, 3.05) is 32.0 Å². The molecule has 2 aromatic heterocycles. The van der Waals surface area contributed by atoms with Crippen molar-refractivity contribution in [1.29, 1.82) is 0 Å². The molecule has 2 N–H and O–H groups in total. The van der Waals surface area contributed by atoms with E-state index in [0.717, 1.165) is 38.5 Å². The number of nitrogens with two attached hydrogens (primary N) is 1. The molecule has 2 atom stereocenters. The summed E-state index contributed by atoms with van der Waals surface area (Å²) in [4.78, 5) is 6.55. The van der Waals surface area contributed by atoms with E-state index < -0.39 is 6.43 Å². The van der Waals surface area contributed by atoms with E-state index in [0.29, 0.717) is 35.3 Å². The second-order valence-corrected chi connectivity index (χ2v) is 9.08. The number of nitrogens with zero attached hydrogens (tertiary/aromatic N) is 4. The number of pyridine rings is 1. The molecule has 0 aromatic carbocycles. The van der Waals surface area contributed by atoms with Gasteiger partial charge in [-0.1, -0.05) is 0 Å². The van der Waals surface area contributed by atoms with Gasteiger partial charge in [-0.05, 0) is 42.7 Å². The number of ether oxygens (including phenoxy) is 1. The summed E-state index contributed by atoms with van der Waals surface area (Å²) >= 11 is 0. The molecular formula is C21H25F2N5O. The third kappa shape index (κ3) is 3.04. The van der Waals surface area contributed by atoms with Gasteiger partial charge < -0.3 is 10.5 Å². The van der Waals surface area contributed by atoms with Crippen LogP contribution in [0, 0.1) is 17.8 Å². The molecule has 2 aromatic rings. The standard InChI is InChI=1S/C21H25F2N5O/c22-20(23)14-3-12(5-25-21(14)24)17-4-18(28(26-17)6-11-1-2-11)19-15-7-27(8-16(15)19)13-9-29-10-13/h3-5,11,13,15-16,19-20H,1-2,6-10H2,(H2,24,25). The lowest BCUT2D eigenvalue weighted by atomic mass is 10.1. The average Bonchev–Trinajstić information content (AvgIpc) is 3.49. The van der Waals surface area contributed by atoms with Crippen molar-refractivity contribution in [3.63, 3.8) is 0 Å². The number of rotatable bonds is 6. The van der Waals surface area contributed by atoms with E-state index in [1.54, 1.807) is 6.20 Å². The SMILES string of the molecule is Nc1ncc(-c2cc(C3C4CN(C5COC5)CC43)n(CC3CC3)n2)cc1C(F)F. The Labute approximate surface area is 168 Å². The Kier molecular flexibility index (Phi) is 3.96. The highest BCUT2D eigenvalue weighted by atomic mass is 19.3. The summed E-state index contributed by atoms with van der Waals surface area (Å²) in [5.41, 5.74) is 8.01. The van der Waals surface area contributed by atoms with Crippen LogP contribution < -0.4 is 5.73 Å². The molecule has 0 radical (unpaired) electrons. The zero-order valence-corrected chi connectivity index (χ0v) is 16.2. The van der Waals surface area contributed by atoms with Crippen LogP contribution in [-0.4, -0.2) is 52.0 Å². The maximum Gasteiger partial charge on any atom is 0.267 e. The van der Waals surface area contributed by atoms with Gasteiger partial charge in [-0.3, -0.25) is 9.58 Å². The normalized spacial score (nSPS) is 29.3. The minimum Gasteiger partial charge on any atom is -0.383 e. The predicted molar refractivity (Wildman–Crippen MR) is 103 cm³/mol. The van der Waals surface area contributed by atoms with Crippen LogP contribution >= 0.6 is 0 Å². The fourth-order valence-corrected chi connectivity index (χ4v) is 5.07. The van der Waals surface area contributed by atoms with E-state index in [9.17, 15) is 8.78 Å². The fourth-order valence-electron chi connectivity index (χ4n) is 5.07. The summed E-state index contributed by atoms with van der Waals surface area (Å²) in [5.74, 6) is 2.48. The first kappa shape index (κ1) is 17.8. The van der Waals surface area contributed by atoms with Crippen molar-refractivity contribution in [3.8, 4) is 11.3 Å². The number of likely N-dealkylation sites (tertiary alicyclic amines) is 1.